The van der Waals surface area contributed by atoms with Crippen LogP contribution in [-0.4, -0.2) is 19.7 Å². The molecule has 0 aromatic carbocycles. The summed E-state index contributed by atoms with van der Waals surface area (Å²) in [7, 11) is 4.54. The number of rotatable bonds is 0. The fourth-order valence-corrected chi connectivity index (χ4v) is 0. The zero-order valence-corrected chi connectivity index (χ0v) is 11.4. The molecule has 0 aliphatic heterocycles. The van der Waals surface area contributed by atoms with E-state index in [1.165, 1.54) is 0 Å². The molecule has 0 saturated heterocycles. The predicted octanol–water partition coefficient (Wildman–Crippen LogP) is 2.25. The van der Waals surface area contributed by atoms with Crippen molar-refractivity contribution >= 4 is 76.8 Å². The molecule has 0 bridgehead atoms. The molecular weight excluding hydrogens is 434 g/mol. The van der Waals surface area contributed by atoms with Crippen LogP contribution in [0.3, 0.4) is 0 Å². The molecule has 1 nitrogen and oxygen atoms in total. The molecule has 0 spiro atoms. The Labute approximate surface area is 86.3 Å². The summed E-state index contributed by atoms with van der Waals surface area (Å²) < 4.78 is 0. The van der Waals surface area contributed by atoms with Crippen LogP contribution in [0.1, 0.15) is 0 Å². The first kappa shape index (κ1) is 23.7. The van der Waals surface area contributed by atoms with Gasteiger partial charge in [0.2, 0.25) is 0 Å². The van der Waals surface area contributed by atoms with E-state index in [1.54, 1.807) is 0 Å². The molecule has 3 N–H and O–H groups in total. The van der Waals surface area contributed by atoms with E-state index in [1.807, 2.05) is 0 Å². The predicted molar refractivity (Wildman–Crippen MR) is 55.1 cm³/mol. The van der Waals surface area contributed by atoms with Gasteiger partial charge in [0.15, 0.2) is 0 Å². The van der Waals surface area contributed by atoms with Gasteiger partial charge in [0.25, 0.3) is 0 Å². The SMILES string of the molecule is I.I.N.[CH3][Sb]=[S]. The quantitative estimate of drug-likeness (QED) is 0.462. The normalized spacial score (nSPS) is 2.17. The van der Waals surface area contributed by atoms with Gasteiger partial charge in [-0.25, -0.2) is 0 Å². The van der Waals surface area contributed by atoms with Crippen molar-refractivity contribution in [2.24, 2.45) is 0 Å². The fourth-order valence-electron chi connectivity index (χ4n) is 0. The van der Waals surface area contributed by atoms with E-state index < -0.39 is 0 Å². The van der Waals surface area contributed by atoms with Gasteiger partial charge in [-0.3, -0.25) is 0 Å². The second-order valence-corrected chi connectivity index (χ2v) is 3.67. The van der Waals surface area contributed by atoms with Crippen LogP contribution in [0, 0.1) is 0 Å². The van der Waals surface area contributed by atoms with Crippen molar-refractivity contribution in [3.63, 3.8) is 0 Å². The molecule has 0 saturated carbocycles. The third-order valence-electron chi connectivity index (χ3n) is 0. The molecule has 0 atom stereocenters. The van der Waals surface area contributed by atoms with Crippen LogP contribution in [-0.2, 0) is 0 Å². The molecule has 0 unspecified atom stereocenters. The van der Waals surface area contributed by atoms with E-state index in [2.05, 4.69) is 14.1 Å². The molecule has 6 heavy (non-hydrogen) atoms. The summed E-state index contributed by atoms with van der Waals surface area (Å²) in [6.45, 7) is 0. The Bertz CT molecular complexity index is 21.0. The van der Waals surface area contributed by atoms with Crippen LogP contribution >= 0.6 is 57.1 Å². The molecule has 5 heteroatoms. The summed E-state index contributed by atoms with van der Waals surface area (Å²) in [6.07, 6.45) is 0. The van der Waals surface area contributed by atoms with Gasteiger partial charge in [0.1, 0.15) is 0 Å². The molecular formula is CH8I2NSSb. The van der Waals surface area contributed by atoms with Crippen LogP contribution in [0.25, 0.3) is 0 Å². The first-order valence-electron chi connectivity index (χ1n) is 0.630. The van der Waals surface area contributed by atoms with Crippen LogP contribution in [0.2, 0.25) is 4.87 Å². The molecule has 0 aromatic rings. The summed E-state index contributed by atoms with van der Waals surface area (Å²) in [5.74, 6) is 0. The molecule has 0 aliphatic rings. The molecule has 0 heterocycles. The van der Waals surface area contributed by atoms with Crippen molar-refractivity contribution in [3.05, 3.63) is 0 Å². The van der Waals surface area contributed by atoms with Crippen molar-refractivity contribution < 1.29 is 0 Å². The number of halogens is 2. The van der Waals surface area contributed by atoms with Crippen molar-refractivity contribution in [1.29, 1.82) is 0 Å². The van der Waals surface area contributed by atoms with Crippen LogP contribution in [0.15, 0.2) is 0 Å². The Morgan fingerprint density at radius 1 is 1.33 bits per heavy atom. The standard InChI is InChI=1S/CH3.2HI.H3N.S.Sb/h1H3;2*1H;1H3;;. The van der Waals surface area contributed by atoms with Gasteiger partial charge in [-0.15, -0.1) is 48.0 Å². The van der Waals surface area contributed by atoms with Crippen molar-refractivity contribution in [3.8, 4) is 0 Å². The summed E-state index contributed by atoms with van der Waals surface area (Å²) in [6, 6.07) is 0. The maximum atomic E-state index is 4.54. The second-order valence-electron chi connectivity index (χ2n) is 0.183. The van der Waals surface area contributed by atoms with E-state index in [0.717, 1.165) is 0 Å². The minimum atomic E-state index is -0.0667. The summed E-state index contributed by atoms with van der Waals surface area (Å²) in [5.41, 5.74) is 0. The van der Waals surface area contributed by atoms with E-state index in [9.17, 15) is 0 Å². The third-order valence-corrected chi connectivity index (χ3v) is 0. The van der Waals surface area contributed by atoms with Crippen LogP contribution < -0.4 is 6.15 Å². The van der Waals surface area contributed by atoms with Crippen molar-refractivity contribution in [1.82, 2.24) is 6.15 Å². The monoisotopic (exact) mass is 441 g/mol. The summed E-state index contributed by atoms with van der Waals surface area (Å²) >= 11 is -0.0667. The van der Waals surface area contributed by atoms with Crippen molar-refractivity contribution in [2.75, 3.05) is 0 Å². The Hall–Kier alpha value is 2.46. The third kappa shape index (κ3) is 31.8. The summed E-state index contributed by atoms with van der Waals surface area (Å²) in [4.78, 5) is 2.09. The van der Waals surface area contributed by atoms with Gasteiger partial charge in [0.05, 0.1) is 0 Å². The van der Waals surface area contributed by atoms with E-state index in [-0.39, 0.29) is 73.8 Å². The minimum absolute atomic E-state index is 0. The molecule has 0 aromatic heterocycles. The van der Waals surface area contributed by atoms with Gasteiger partial charge in [-0.2, -0.15) is 0 Å². The van der Waals surface area contributed by atoms with E-state index in [0.29, 0.717) is 0 Å². The Morgan fingerprint density at radius 3 is 1.33 bits per heavy atom. The maximum absolute atomic E-state index is 4.54. The summed E-state index contributed by atoms with van der Waals surface area (Å²) in [5, 5.41) is 0. The fraction of sp³-hybridized carbons (Fsp3) is 1.00. The molecule has 42 valence electrons. The molecule has 0 radical (unpaired) electrons. The van der Waals surface area contributed by atoms with Gasteiger partial charge in [-0.05, 0) is 0 Å². The zero-order valence-electron chi connectivity index (χ0n) is 3.38. The van der Waals surface area contributed by atoms with Gasteiger partial charge in [-0.1, -0.05) is 0 Å². The molecule has 0 rings (SSSR count). The topological polar surface area (TPSA) is 35.0 Å². The average Bonchev–Trinajstić information content (AvgIpc) is 0.918. The second kappa shape index (κ2) is 26.0. The van der Waals surface area contributed by atoms with E-state index in [4.69, 9.17) is 0 Å². The molecule has 0 amide bonds. The Kier molecular flexibility index (Phi) is 103. The van der Waals surface area contributed by atoms with Gasteiger partial charge < -0.3 is 6.15 Å². The van der Waals surface area contributed by atoms with Crippen LogP contribution in [0.5, 0.6) is 0 Å². The number of hydrogen-bond acceptors (Lipinski definition) is 2. The van der Waals surface area contributed by atoms with E-state index >= 15 is 0 Å². The average molecular weight is 442 g/mol. The Morgan fingerprint density at radius 2 is 1.33 bits per heavy atom. The molecule has 0 fully saturated rings. The van der Waals surface area contributed by atoms with Crippen molar-refractivity contribution in [2.45, 2.75) is 4.87 Å². The first-order chi connectivity index (χ1) is 1.41. The van der Waals surface area contributed by atoms with Gasteiger partial charge in [0, 0.05) is 0 Å². The van der Waals surface area contributed by atoms with Gasteiger partial charge >= 0.3 is 33.7 Å². The Balaban J connectivity index is -0.00000000667. The zero-order chi connectivity index (χ0) is 2.71. The number of hydrogen-bond donors (Lipinski definition) is 1. The molecule has 0 aliphatic carbocycles. The van der Waals surface area contributed by atoms with Crippen LogP contribution in [0.4, 0.5) is 0 Å². The first-order valence-corrected chi connectivity index (χ1v) is 6.67.